The van der Waals surface area contributed by atoms with E-state index in [0.717, 1.165) is 23.9 Å². The Balaban J connectivity index is 1.92. The van der Waals surface area contributed by atoms with Crippen LogP contribution in [0.15, 0.2) is 30.3 Å². The zero-order valence-corrected chi connectivity index (χ0v) is 12.2. The first-order chi connectivity index (χ1) is 9.54. The first kappa shape index (κ1) is 14.8. The van der Waals surface area contributed by atoms with Crippen molar-refractivity contribution in [3.05, 3.63) is 41.5 Å². The van der Waals surface area contributed by atoms with E-state index in [1.807, 2.05) is 12.1 Å². The van der Waals surface area contributed by atoms with Crippen LogP contribution in [0.4, 0.5) is 0 Å². The number of rotatable bonds is 4. The van der Waals surface area contributed by atoms with E-state index in [-0.39, 0.29) is 0 Å². The van der Waals surface area contributed by atoms with E-state index in [2.05, 4.69) is 30.9 Å². The number of benzene rings is 1. The zero-order valence-electron chi connectivity index (χ0n) is 12.2. The number of carboxylic acid groups (broad SMARTS) is 1. The summed E-state index contributed by atoms with van der Waals surface area (Å²) in [5.74, 6) is 0.682. The van der Waals surface area contributed by atoms with Crippen LogP contribution < -0.4 is 0 Å². The Labute approximate surface area is 120 Å². The smallest absolute Gasteiger partial charge is 0.328 e. The molecule has 20 heavy (non-hydrogen) atoms. The second-order valence-electron chi connectivity index (χ2n) is 5.89. The molecule has 3 nitrogen and oxygen atoms in total. The Morgan fingerprint density at radius 1 is 1.30 bits per heavy atom. The highest BCUT2D eigenvalue weighted by atomic mass is 16.4. The third-order valence-corrected chi connectivity index (χ3v) is 4.22. The maximum Gasteiger partial charge on any atom is 0.328 e. The summed E-state index contributed by atoms with van der Waals surface area (Å²) >= 11 is 0. The number of likely N-dealkylation sites (tertiary alicyclic amines) is 1. The van der Waals surface area contributed by atoms with Gasteiger partial charge in [0, 0.05) is 19.2 Å². The SMILES string of the molecule is CC1CCN(Cc2ccc(/C=C/C(=O)O)cc2)CC1C. The average Bonchev–Trinajstić information content (AvgIpc) is 2.42. The Morgan fingerprint density at radius 3 is 2.60 bits per heavy atom. The van der Waals surface area contributed by atoms with Crippen molar-refractivity contribution in [2.75, 3.05) is 13.1 Å². The van der Waals surface area contributed by atoms with Gasteiger partial charge in [0.1, 0.15) is 0 Å². The lowest BCUT2D eigenvalue weighted by atomic mass is 9.88. The molecule has 1 aliphatic rings. The van der Waals surface area contributed by atoms with Crippen LogP contribution >= 0.6 is 0 Å². The number of hydrogen-bond acceptors (Lipinski definition) is 2. The van der Waals surface area contributed by atoms with Crippen LogP contribution in [-0.4, -0.2) is 29.1 Å². The quantitative estimate of drug-likeness (QED) is 0.856. The molecule has 0 radical (unpaired) electrons. The minimum Gasteiger partial charge on any atom is -0.478 e. The fourth-order valence-corrected chi connectivity index (χ4v) is 2.65. The molecule has 0 saturated carbocycles. The lowest BCUT2D eigenvalue weighted by molar-refractivity contribution is -0.131. The van der Waals surface area contributed by atoms with Gasteiger partial charge in [-0.3, -0.25) is 4.90 Å². The first-order valence-corrected chi connectivity index (χ1v) is 7.27. The van der Waals surface area contributed by atoms with Gasteiger partial charge in [-0.15, -0.1) is 0 Å². The van der Waals surface area contributed by atoms with E-state index in [0.29, 0.717) is 0 Å². The predicted octanol–water partition coefficient (Wildman–Crippen LogP) is 3.26. The highest BCUT2D eigenvalue weighted by Crippen LogP contribution is 2.23. The van der Waals surface area contributed by atoms with Crippen LogP contribution in [0.25, 0.3) is 6.08 Å². The van der Waals surface area contributed by atoms with E-state index in [1.54, 1.807) is 6.08 Å². The van der Waals surface area contributed by atoms with Crippen LogP contribution in [0, 0.1) is 11.8 Å². The minimum atomic E-state index is -0.912. The number of hydrogen-bond donors (Lipinski definition) is 1. The Hall–Kier alpha value is -1.61. The fourth-order valence-electron chi connectivity index (χ4n) is 2.65. The number of carboxylic acids is 1. The molecule has 1 fully saturated rings. The maximum absolute atomic E-state index is 10.5. The topological polar surface area (TPSA) is 40.5 Å². The lowest BCUT2D eigenvalue weighted by Gasteiger charge is -2.35. The van der Waals surface area contributed by atoms with E-state index >= 15 is 0 Å². The van der Waals surface area contributed by atoms with Crippen molar-refractivity contribution in [3.8, 4) is 0 Å². The maximum atomic E-state index is 10.5. The highest BCUT2D eigenvalue weighted by molar-refractivity contribution is 5.85. The van der Waals surface area contributed by atoms with Crippen molar-refractivity contribution >= 4 is 12.0 Å². The summed E-state index contributed by atoms with van der Waals surface area (Å²) in [6.45, 7) is 8.00. The molecule has 1 saturated heterocycles. The molecule has 2 unspecified atom stereocenters. The van der Waals surface area contributed by atoms with Gasteiger partial charge in [-0.05, 0) is 42.0 Å². The molecule has 108 valence electrons. The fraction of sp³-hybridized carbons (Fsp3) is 0.471. The van der Waals surface area contributed by atoms with Crippen molar-refractivity contribution in [2.24, 2.45) is 11.8 Å². The second-order valence-corrected chi connectivity index (χ2v) is 5.89. The summed E-state index contributed by atoms with van der Waals surface area (Å²) in [7, 11) is 0. The van der Waals surface area contributed by atoms with Crippen LogP contribution in [0.5, 0.6) is 0 Å². The summed E-state index contributed by atoms with van der Waals surface area (Å²) in [6.07, 6.45) is 4.07. The third-order valence-electron chi connectivity index (χ3n) is 4.22. The molecule has 0 amide bonds. The lowest BCUT2D eigenvalue weighted by Crippen LogP contribution is -2.37. The molecule has 2 rings (SSSR count). The van der Waals surface area contributed by atoms with Gasteiger partial charge in [0.25, 0.3) is 0 Å². The van der Waals surface area contributed by atoms with Gasteiger partial charge >= 0.3 is 5.97 Å². The molecule has 0 spiro atoms. The Bertz CT molecular complexity index is 478. The van der Waals surface area contributed by atoms with Gasteiger partial charge in [-0.1, -0.05) is 38.1 Å². The van der Waals surface area contributed by atoms with Crippen LogP contribution in [-0.2, 0) is 11.3 Å². The average molecular weight is 273 g/mol. The van der Waals surface area contributed by atoms with Gasteiger partial charge in [-0.25, -0.2) is 4.79 Å². The number of carbonyl (C=O) groups is 1. The molecular weight excluding hydrogens is 250 g/mol. The van der Waals surface area contributed by atoms with Crippen molar-refractivity contribution in [1.29, 1.82) is 0 Å². The summed E-state index contributed by atoms with van der Waals surface area (Å²) in [6, 6.07) is 8.13. The molecule has 1 aromatic rings. The van der Waals surface area contributed by atoms with Crippen LogP contribution in [0.1, 0.15) is 31.4 Å². The van der Waals surface area contributed by atoms with Gasteiger partial charge in [0.2, 0.25) is 0 Å². The van der Waals surface area contributed by atoms with Crippen LogP contribution in [0.2, 0.25) is 0 Å². The van der Waals surface area contributed by atoms with E-state index in [9.17, 15) is 4.79 Å². The largest absolute Gasteiger partial charge is 0.478 e. The van der Waals surface area contributed by atoms with Gasteiger partial charge in [-0.2, -0.15) is 0 Å². The summed E-state index contributed by atoms with van der Waals surface area (Å²) in [5.41, 5.74) is 2.22. The van der Waals surface area contributed by atoms with Gasteiger partial charge < -0.3 is 5.11 Å². The Kier molecular flexibility index (Phi) is 4.96. The molecule has 1 aromatic carbocycles. The van der Waals surface area contributed by atoms with Crippen molar-refractivity contribution in [3.63, 3.8) is 0 Å². The third kappa shape index (κ3) is 4.20. The standard InChI is InChI=1S/C17H23NO2/c1-13-9-10-18(11-14(13)2)12-16-5-3-15(4-6-16)7-8-17(19)20/h3-8,13-14H,9-12H2,1-2H3,(H,19,20)/b8-7+. The normalized spacial score (nSPS) is 24.1. The second kappa shape index (κ2) is 6.71. The zero-order chi connectivity index (χ0) is 14.5. The van der Waals surface area contributed by atoms with E-state index in [1.165, 1.54) is 31.1 Å². The molecule has 3 heteroatoms. The number of aliphatic carboxylic acids is 1. The number of piperidine rings is 1. The number of nitrogens with zero attached hydrogens (tertiary/aromatic N) is 1. The van der Waals surface area contributed by atoms with Gasteiger partial charge in [0.15, 0.2) is 0 Å². The monoisotopic (exact) mass is 273 g/mol. The Morgan fingerprint density at radius 2 is 2.00 bits per heavy atom. The molecule has 1 heterocycles. The predicted molar refractivity (Wildman–Crippen MR) is 81.3 cm³/mol. The summed E-state index contributed by atoms with van der Waals surface area (Å²) in [5, 5.41) is 8.60. The molecule has 1 aliphatic heterocycles. The highest BCUT2D eigenvalue weighted by Gasteiger charge is 2.22. The molecule has 1 N–H and O–H groups in total. The summed E-state index contributed by atoms with van der Waals surface area (Å²) < 4.78 is 0. The van der Waals surface area contributed by atoms with Crippen LogP contribution in [0.3, 0.4) is 0 Å². The first-order valence-electron chi connectivity index (χ1n) is 7.27. The molecule has 0 aromatic heterocycles. The summed E-state index contributed by atoms with van der Waals surface area (Å²) in [4.78, 5) is 13.0. The van der Waals surface area contributed by atoms with Crippen molar-refractivity contribution in [1.82, 2.24) is 4.90 Å². The minimum absolute atomic E-state index is 0.765. The molecular formula is C17H23NO2. The van der Waals surface area contributed by atoms with E-state index < -0.39 is 5.97 Å². The molecule has 2 atom stereocenters. The van der Waals surface area contributed by atoms with E-state index in [4.69, 9.17) is 5.11 Å². The van der Waals surface area contributed by atoms with Crippen molar-refractivity contribution in [2.45, 2.75) is 26.8 Å². The molecule has 0 aliphatic carbocycles. The van der Waals surface area contributed by atoms with Crippen molar-refractivity contribution < 1.29 is 9.90 Å². The molecule has 0 bridgehead atoms. The van der Waals surface area contributed by atoms with Gasteiger partial charge in [0.05, 0.1) is 0 Å².